The van der Waals surface area contributed by atoms with Gasteiger partial charge in [0.25, 0.3) is 0 Å². The second-order valence-corrected chi connectivity index (χ2v) is 7.50. The number of aryl methyl sites for hydroxylation is 2. The molecule has 4 nitrogen and oxygen atoms in total. The zero-order chi connectivity index (χ0) is 18.7. The van der Waals surface area contributed by atoms with Crippen molar-refractivity contribution in [3.05, 3.63) is 58.7 Å². The first-order valence-electron chi connectivity index (χ1n) is 8.08. The van der Waals surface area contributed by atoms with Gasteiger partial charge in [0.1, 0.15) is 6.61 Å². The molecule has 3 rings (SSSR count). The summed E-state index contributed by atoms with van der Waals surface area (Å²) in [6.07, 6.45) is 2.05. The molecule has 6 heteroatoms. The Bertz CT molecular complexity index is 874. The largest absolute Gasteiger partial charge is 0.457 e. The summed E-state index contributed by atoms with van der Waals surface area (Å²) in [5.41, 5.74) is 5.64. The van der Waals surface area contributed by atoms with Crippen molar-refractivity contribution >= 4 is 40.9 Å². The molecule has 2 aromatic rings. The van der Waals surface area contributed by atoms with E-state index in [1.54, 1.807) is 11.8 Å². The van der Waals surface area contributed by atoms with Gasteiger partial charge in [-0.25, -0.2) is 9.68 Å². The van der Waals surface area contributed by atoms with Gasteiger partial charge in [0.05, 0.1) is 24.7 Å². The number of carbonyl (C=O) groups is 1. The molecule has 0 aliphatic carbocycles. The third-order valence-electron chi connectivity index (χ3n) is 4.25. The Morgan fingerprint density at radius 3 is 2.31 bits per heavy atom. The fourth-order valence-electron chi connectivity index (χ4n) is 2.96. The average molecular weight is 389 g/mol. The molecule has 0 amide bonds. The quantitative estimate of drug-likeness (QED) is 0.226. The van der Waals surface area contributed by atoms with E-state index < -0.39 is 0 Å². The highest BCUT2D eigenvalue weighted by atomic mass is 32.2. The molecular formula is C20H20O4S2. The number of cyclic esters (lactones) is 1. The monoisotopic (exact) mass is 388 g/mol. The van der Waals surface area contributed by atoms with Crippen LogP contribution in [0.5, 0.6) is 0 Å². The molecule has 0 saturated heterocycles. The van der Waals surface area contributed by atoms with E-state index >= 15 is 0 Å². The molecule has 0 unspecified atom stereocenters. The van der Waals surface area contributed by atoms with Gasteiger partial charge in [-0.2, -0.15) is 4.33 Å². The van der Waals surface area contributed by atoms with Crippen LogP contribution in [-0.4, -0.2) is 25.9 Å². The molecule has 0 bridgehead atoms. The number of hydrogen-bond acceptors (Lipinski definition) is 6. The Balaban J connectivity index is 2.02. The number of benzene rings is 2. The number of thioether (sulfide) groups is 1. The first kappa shape index (κ1) is 19.0. The standard InChI is InChI=1S/C20H20O4S2/c1-12-10-15(6-7-17(12)25-4)19-16(11-23-20(19)21)14-5-8-18(13(2)9-14)26-24-22-3/h5-10H,11H2,1-4H3. The second-order valence-electron chi connectivity index (χ2n) is 5.91. The Morgan fingerprint density at radius 1 is 1.00 bits per heavy atom. The number of ether oxygens (including phenoxy) is 1. The fraction of sp³-hybridized carbons (Fsp3) is 0.250. The van der Waals surface area contributed by atoms with Crippen molar-refractivity contribution < 1.29 is 18.8 Å². The Labute approximate surface area is 162 Å². The fourth-order valence-corrected chi connectivity index (χ4v) is 4.00. The third-order valence-corrected chi connectivity index (χ3v) is 5.99. The van der Waals surface area contributed by atoms with Crippen molar-refractivity contribution in [2.75, 3.05) is 20.0 Å². The first-order chi connectivity index (χ1) is 12.5. The van der Waals surface area contributed by atoms with E-state index in [9.17, 15) is 4.79 Å². The summed E-state index contributed by atoms with van der Waals surface area (Å²) in [5, 5.41) is 0. The van der Waals surface area contributed by atoms with Gasteiger partial charge in [-0.15, -0.1) is 11.8 Å². The predicted molar refractivity (Wildman–Crippen MR) is 106 cm³/mol. The van der Waals surface area contributed by atoms with Crippen LogP contribution in [0, 0.1) is 13.8 Å². The Hall–Kier alpha value is -1.73. The normalized spacial score (nSPS) is 14.1. The maximum absolute atomic E-state index is 12.4. The molecule has 0 N–H and O–H groups in total. The van der Waals surface area contributed by atoms with Gasteiger partial charge in [0.2, 0.25) is 0 Å². The maximum atomic E-state index is 12.4. The molecule has 136 valence electrons. The topological polar surface area (TPSA) is 44.8 Å². The van der Waals surface area contributed by atoms with Crippen LogP contribution in [0.3, 0.4) is 0 Å². The zero-order valence-electron chi connectivity index (χ0n) is 15.1. The van der Waals surface area contributed by atoms with Crippen molar-refractivity contribution in [2.24, 2.45) is 0 Å². The molecule has 0 fully saturated rings. The number of carbonyl (C=O) groups excluding carboxylic acids is 1. The lowest BCUT2D eigenvalue weighted by molar-refractivity contribution is -0.160. The molecule has 0 saturated carbocycles. The highest BCUT2D eigenvalue weighted by Gasteiger charge is 2.27. The number of esters is 1. The molecule has 26 heavy (non-hydrogen) atoms. The van der Waals surface area contributed by atoms with E-state index in [0.29, 0.717) is 5.57 Å². The van der Waals surface area contributed by atoms with Gasteiger partial charge in [-0.05, 0) is 54.5 Å². The third kappa shape index (κ3) is 3.83. The zero-order valence-corrected chi connectivity index (χ0v) is 16.8. The summed E-state index contributed by atoms with van der Waals surface area (Å²) in [5.74, 6) is -0.268. The number of hydrogen-bond donors (Lipinski definition) is 0. The summed E-state index contributed by atoms with van der Waals surface area (Å²) < 4.78 is 10.3. The summed E-state index contributed by atoms with van der Waals surface area (Å²) in [4.78, 5) is 19.2. The van der Waals surface area contributed by atoms with Crippen LogP contribution in [0.4, 0.5) is 0 Å². The summed E-state index contributed by atoms with van der Waals surface area (Å²) in [6.45, 7) is 4.35. The van der Waals surface area contributed by atoms with Crippen LogP contribution in [-0.2, 0) is 18.8 Å². The highest BCUT2D eigenvalue weighted by molar-refractivity contribution is 7.98. The lowest BCUT2D eigenvalue weighted by atomic mass is 9.95. The van der Waals surface area contributed by atoms with Gasteiger partial charge in [0.15, 0.2) is 0 Å². The summed E-state index contributed by atoms with van der Waals surface area (Å²) in [6, 6.07) is 12.1. The second kappa shape index (κ2) is 8.31. The molecule has 0 aromatic heterocycles. The summed E-state index contributed by atoms with van der Waals surface area (Å²) in [7, 11) is 1.47. The molecular weight excluding hydrogens is 368 g/mol. The van der Waals surface area contributed by atoms with Crippen molar-refractivity contribution in [1.29, 1.82) is 0 Å². The van der Waals surface area contributed by atoms with Crippen LogP contribution in [0.15, 0.2) is 46.2 Å². The van der Waals surface area contributed by atoms with Gasteiger partial charge < -0.3 is 4.74 Å². The van der Waals surface area contributed by atoms with Gasteiger partial charge >= 0.3 is 5.97 Å². The SMILES string of the molecule is COOSc1ccc(C2=C(c3ccc(SC)c(C)c3)C(=O)OC2)cc1C. The first-order valence-corrected chi connectivity index (χ1v) is 10.1. The van der Waals surface area contributed by atoms with Gasteiger partial charge in [-0.1, -0.05) is 24.3 Å². The van der Waals surface area contributed by atoms with Crippen molar-refractivity contribution in [1.82, 2.24) is 0 Å². The minimum atomic E-state index is -0.268. The van der Waals surface area contributed by atoms with Gasteiger partial charge in [0, 0.05) is 15.4 Å². The smallest absolute Gasteiger partial charge is 0.339 e. The average Bonchev–Trinajstić information content (AvgIpc) is 3.02. The van der Waals surface area contributed by atoms with Crippen LogP contribution in [0.1, 0.15) is 22.3 Å². The van der Waals surface area contributed by atoms with Crippen LogP contribution in [0.2, 0.25) is 0 Å². The molecule has 1 aliphatic rings. The molecule has 0 spiro atoms. The van der Waals surface area contributed by atoms with Gasteiger partial charge in [-0.3, -0.25) is 0 Å². The van der Waals surface area contributed by atoms with E-state index in [2.05, 4.69) is 23.9 Å². The predicted octanol–water partition coefficient (Wildman–Crippen LogP) is 5.08. The van der Waals surface area contributed by atoms with E-state index in [1.807, 2.05) is 37.4 Å². The van der Waals surface area contributed by atoms with Crippen LogP contribution < -0.4 is 0 Å². The molecule has 1 heterocycles. The lowest BCUT2D eigenvalue weighted by Crippen LogP contribution is -1.99. The Kier molecular flexibility index (Phi) is 6.09. The minimum Gasteiger partial charge on any atom is -0.457 e. The van der Waals surface area contributed by atoms with Crippen LogP contribution in [0.25, 0.3) is 11.1 Å². The molecule has 0 atom stereocenters. The molecule has 1 aliphatic heterocycles. The van der Waals surface area contributed by atoms with Crippen LogP contribution >= 0.6 is 23.8 Å². The highest BCUT2D eigenvalue weighted by Crippen LogP contribution is 2.36. The molecule has 0 radical (unpaired) electrons. The van der Waals surface area contributed by atoms with Crippen molar-refractivity contribution in [3.8, 4) is 0 Å². The van der Waals surface area contributed by atoms with Crippen molar-refractivity contribution in [3.63, 3.8) is 0 Å². The van der Waals surface area contributed by atoms with E-state index in [4.69, 9.17) is 9.07 Å². The minimum absolute atomic E-state index is 0.268. The van der Waals surface area contributed by atoms with E-state index in [1.165, 1.54) is 12.0 Å². The summed E-state index contributed by atoms with van der Waals surface area (Å²) >= 11 is 2.86. The number of rotatable bonds is 6. The lowest BCUT2D eigenvalue weighted by Gasteiger charge is -2.10. The van der Waals surface area contributed by atoms with Crippen molar-refractivity contribution in [2.45, 2.75) is 23.6 Å². The Morgan fingerprint density at radius 2 is 1.65 bits per heavy atom. The maximum Gasteiger partial charge on any atom is 0.339 e. The van der Waals surface area contributed by atoms with E-state index in [-0.39, 0.29) is 12.6 Å². The van der Waals surface area contributed by atoms with E-state index in [0.717, 1.165) is 44.8 Å². The molecule has 2 aromatic carbocycles.